The lowest BCUT2D eigenvalue weighted by Crippen LogP contribution is -2.49. The quantitative estimate of drug-likeness (QED) is 0.678. The van der Waals surface area contributed by atoms with E-state index >= 15 is 0 Å². The first-order chi connectivity index (χ1) is 15.2. The Morgan fingerprint density at radius 2 is 2.00 bits per heavy atom. The fraction of sp³-hybridized carbons (Fsp3) is 0.500. The van der Waals surface area contributed by atoms with Crippen LogP contribution >= 0.6 is 0 Å². The number of benzene rings is 2. The van der Waals surface area contributed by atoms with Crippen molar-refractivity contribution in [2.24, 2.45) is 5.92 Å². The van der Waals surface area contributed by atoms with Crippen LogP contribution in [0.25, 0.3) is 11.1 Å². The van der Waals surface area contributed by atoms with Crippen molar-refractivity contribution < 1.29 is 22.7 Å². The first kappa shape index (κ1) is 24.6. The van der Waals surface area contributed by atoms with Crippen LogP contribution in [0.1, 0.15) is 27.2 Å². The summed E-state index contributed by atoms with van der Waals surface area (Å²) in [5.41, 5.74) is 0.930. The lowest BCUT2D eigenvalue weighted by molar-refractivity contribution is 0.0753. The molecule has 3 atom stereocenters. The zero-order valence-corrected chi connectivity index (χ0v) is 20.0. The fourth-order valence-corrected chi connectivity index (χ4v) is 5.91. The highest BCUT2D eigenvalue weighted by molar-refractivity contribution is 7.89. The van der Waals surface area contributed by atoms with E-state index in [1.54, 1.807) is 37.3 Å². The molecule has 0 bridgehead atoms. The van der Waals surface area contributed by atoms with E-state index in [1.165, 1.54) is 16.4 Å². The molecule has 32 heavy (non-hydrogen) atoms. The second-order valence-corrected chi connectivity index (χ2v) is 10.5. The predicted molar refractivity (Wildman–Crippen MR) is 124 cm³/mol. The molecular weight excluding hydrogens is 431 g/mol. The minimum absolute atomic E-state index is 0.0351. The second-order valence-electron chi connectivity index (χ2n) is 8.64. The number of sulfonamides is 1. The van der Waals surface area contributed by atoms with Crippen LogP contribution < -0.4 is 4.74 Å². The Bertz CT molecular complexity index is 1030. The Morgan fingerprint density at radius 1 is 1.28 bits per heavy atom. The van der Waals surface area contributed by atoms with Crippen LogP contribution in [-0.4, -0.2) is 68.2 Å². The Kier molecular flexibility index (Phi) is 7.92. The number of halogens is 1. The van der Waals surface area contributed by atoms with Crippen LogP contribution in [0.15, 0.2) is 47.4 Å². The zero-order chi connectivity index (χ0) is 23.5. The molecule has 2 aromatic rings. The van der Waals surface area contributed by atoms with E-state index in [4.69, 9.17) is 4.74 Å². The molecular formula is C24H33FN2O4S. The Morgan fingerprint density at radius 3 is 2.66 bits per heavy atom. The molecule has 1 N–H and O–H groups in total. The standard InChI is InChI=1S/C24H33FN2O4S/c1-5-12-26(4)15-23-17(2)14-27(18(3)16-28)32(29,30)24-11-10-19(13-22(24)31-23)20-8-6-7-9-21(20)25/h6-11,13,17-18,23,28H,5,12,14-16H2,1-4H3/t17-,18-,23-/m1/s1. The highest BCUT2D eigenvalue weighted by atomic mass is 32.2. The normalized spacial score (nSPS) is 22.0. The summed E-state index contributed by atoms with van der Waals surface area (Å²) < 4.78 is 49.1. The van der Waals surface area contributed by atoms with Gasteiger partial charge in [0.15, 0.2) is 0 Å². The molecule has 1 aliphatic rings. The summed E-state index contributed by atoms with van der Waals surface area (Å²) in [6.45, 7) is 7.23. The first-order valence-electron chi connectivity index (χ1n) is 11.1. The lowest BCUT2D eigenvalue weighted by Gasteiger charge is -2.37. The van der Waals surface area contributed by atoms with Gasteiger partial charge in [0.1, 0.15) is 22.6 Å². The highest BCUT2D eigenvalue weighted by Crippen LogP contribution is 2.37. The average molecular weight is 465 g/mol. The van der Waals surface area contributed by atoms with Crippen molar-refractivity contribution in [2.45, 2.75) is 44.2 Å². The van der Waals surface area contributed by atoms with Crippen LogP contribution in [-0.2, 0) is 10.0 Å². The summed E-state index contributed by atoms with van der Waals surface area (Å²) in [6, 6.07) is 10.5. The van der Waals surface area contributed by atoms with Crippen LogP contribution in [0.2, 0.25) is 0 Å². The van der Waals surface area contributed by atoms with Crippen molar-refractivity contribution in [1.29, 1.82) is 0 Å². The van der Waals surface area contributed by atoms with Gasteiger partial charge in [-0.3, -0.25) is 0 Å². The third-order valence-corrected chi connectivity index (χ3v) is 7.97. The topological polar surface area (TPSA) is 70.1 Å². The predicted octanol–water partition coefficient (Wildman–Crippen LogP) is 3.60. The van der Waals surface area contributed by atoms with Gasteiger partial charge in [0, 0.05) is 30.6 Å². The molecule has 0 spiro atoms. The molecule has 0 radical (unpaired) electrons. The van der Waals surface area contributed by atoms with Gasteiger partial charge in [-0.15, -0.1) is 0 Å². The number of aliphatic hydroxyl groups is 1. The third-order valence-electron chi connectivity index (χ3n) is 5.95. The molecule has 1 aliphatic heterocycles. The molecule has 176 valence electrons. The second kappa shape index (κ2) is 10.3. The van der Waals surface area contributed by atoms with Gasteiger partial charge in [0.2, 0.25) is 10.0 Å². The summed E-state index contributed by atoms with van der Waals surface area (Å²) in [5.74, 6) is -0.296. The molecule has 0 saturated carbocycles. The number of aliphatic hydroxyl groups excluding tert-OH is 1. The van der Waals surface area contributed by atoms with Crippen molar-refractivity contribution in [1.82, 2.24) is 9.21 Å². The lowest BCUT2D eigenvalue weighted by atomic mass is 10.0. The van der Waals surface area contributed by atoms with E-state index < -0.39 is 16.1 Å². The number of hydrogen-bond acceptors (Lipinski definition) is 5. The van der Waals surface area contributed by atoms with Crippen molar-refractivity contribution in [3.63, 3.8) is 0 Å². The molecule has 1 heterocycles. The number of likely N-dealkylation sites (N-methyl/N-ethyl adjacent to an activating group) is 1. The largest absolute Gasteiger partial charge is 0.487 e. The van der Waals surface area contributed by atoms with Crippen molar-refractivity contribution >= 4 is 10.0 Å². The minimum atomic E-state index is -3.92. The molecule has 0 aliphatic carbocycles. The van der Waals surface area contributed by atoms with E-state index in [9.17, 15) is 17.9 Å². The van der Waals surface area contributed by atoms with Crippen molar-refractivity contribution in [2.75, 3.05) is 33.3 Å². The molecule has 6 nitrogen and oxygen atoms in total. The SMILES string of the molecule is CCCN(C)C[C@H]1Oc2cc(-c3ccccc3F)ccc2S(=O)(=O)N([C@H](C)CO)C[C@H]1C. The zero-order valence-electron chi connectivity index (χ0n) is 19.2. The van der Waals surface area contributed by atoms with Gasteiger partial charge >= 0.3 is 0 Å². The maximum Gasteiger partial charge on any atom is 0.247 e. The Hall–Kier alpha value is -2.00. The fourth-order valence-electron chi connectivity index (χ4n) is 4.09. The molecule has 0 fully saturated rings. The summed E-state index contributed by atoms with van der Waals surface area (Å²) >= 11 is 0. The van der Waals surface area contributed by atoms with Gasteiger partial charge in [-0.1, -0.05) is 38.1 Å². The van der Waals surface area contributed by atoms with E-state index in [-0.39, 0.29) is 41.6 Å². The number of fused-ring (bicyclic) bond motifs is 1. The molecule has 2 aromatic carbocycles. The molecule has 3 rings (SSSR count). The van der Waals surface area contributed by atoms with E-state index in [0.29, 0.717) is 17.7 Å². The summed E-state index contributed by atoms with van der Waals surface area (Å²) in [4.78, 5) is 2.20. The Labute approximate surface area is 190 Å². The van der Waals surface area contributed by atoms with Crippen LogP contribution in [0.4, 0.5) is 4.39 Å². The third kappa shape index (κ3) is 5.14. The summed E-state index contributed by atoms with van der Waals surface area (Å²) in [6.07, 6.45) is 0.721. The maximum absolute atomic E-state index is 14.4. The van der Waals surface area contributed by atoms with Crippen molar-refractivity contribution in [3.05, 3.63) is 48.3 Å². The molecule has 0 unspecified atom stereocenters. The van der Waals surface area contributed by atoms with Gasteiger partial charge in [-0.25, -0.2) is 12.8 Å². The van der Waals surface area contributed by atoms with Crippen LogP contribution in [0.3, 0.4) is 0 Å². The molecule has 0 amide bonds. The van der Waals surface area contributed by atoms with Gasteiger partial charge in [-0.05, 0) is 50.7 Å². The smallest absolute Gasteiger partial charge is 0.247 e. The number of rotatable bonds is 7. The van der Waals surface area contributed by atoms with E-state index in [0.717, 1.165) is 13.0 Å². The minimum Gasteiger partial charge on any atom is -0.487 e. The van der Waals surface area contributed by atoms with Gasteiger partial charge in [0.05, 0.1) is 6.61 Å². The number of hydrogen-bond donors (Lipinski definition) is 1. The average Bonchev–Trinajstić information content (AvgIpc) is 2.76. The van der Waals surface area contributed by atoms with Crippen LogP contribution in [0.5, 0.6) is 5.75 Å². The maximum atomic E-state index is 14.4. The first-order valence-corrected chi connectivity index (χ1v) is 12.5. The number of ether oxygens (including phenoxy) is 1. The number of nitrogens with zero attached hydrogens (tertiary/aromatic N) is 2. The highest BCUT2D eigenvalue weighted by Gasteiger charge is 2.38. The summed E-state index contributed by atoms with van der Waals surface area (Å²) in [7, 11) is -1.90. The van der Waals surface area contributed by atoms with Gasteiger partial charge < -0.3 is 14.7 Å². The van der Waals surface area contributed by atoms with E-state index in [2.05, 4.69) is 11.8 Å². The van der Waals surface area contributed by atoms with Gasteiger partial charge in [0.25, 0.3) is 0 Å². The van der Waals surface area contributed by atoms with Gasteiger partial charge in [-0.2, -0.15) is 4.31 Å². The molecule has 0 aromatic heterocycles. The Balaban J connectivity index is 2.13. The van der Waals surface area contributed by atoms with Crippen molar-refractivity contribution in [3.8, 4) is 16.9 Å². The monoisotopic (exact) mass is 464 g/mol. The molecule has 8 heteroatoms. The molecule has 0 saturated heterocycles. The summed E-state index contributed by atoms with van der Waals surface area (Å²) in [5, 5.41) is 9.73. The van der Waals surface area contributed by atoms with Crippen LogP contribution in [0, 0.1) is 11.7 Å². The van der Waals surface area contributed by atoms with E-state index in [1.807, 2.05) is 14.0 Å².